The molecule has 1 unspecified atom stereocenters. The Balaban J connectivity index is 2.72. The van der Waals surface area contributed by atoms with Crippen LogP contribution in [0.2, 0.25) is 0 Å². The van der Waals surface area contributed by atoms with E-state index in [4.69, 9.17) is 5.84 Å². The Hall–Kier alpha value is -1.30. The van der Waals surface area contributed by atoms with Gasteiger partial charge in [0.1, 0.15) is 0 Å². The highest BCUT2D eigenvalue weighted by molar-refractivity contribution is 5.28. The first kappa shape index (κ1) is 11.8. The number of nitrogens with two attached hydrogens (primary N) is 1. The van der Waals surface area contributed by atoms with Crippen LogP contribution in [0.15, 0.2) is 24.3 Å². The number of hydrogen-bond acceptors (Lipinski definition) is 2. The van der Waals surface area contributed by atoms with Gasteiger partial charge in [-0.15, -0.1) is 11.8 Å². The van der Waals surface area contributed by atoms with Gasteiger partial charge in [0, 0.05) is 12.5 Å². The smallest absolute Gasteiger partial charge is 0.0471 e. The lowest BCUT2D eigenvalue weighted by atomic mass is 9.98. The molecule has 3 N–H and O–H groups in total. The van der Waals surface area contributed by atoms with Gasteiger partial charge in [0.25, 0.3) is 0 Å². The van der Waals surface area contributed by atoms with Crippen molar-refractivity contribution in [1.29, 1.82) is 0 Å². The van der Waals surface area contributed by atoms with Crippen LogP contribution in [-0.4, -0.2) is 0 Å². The normalized spacial score (nSPS) is 11.7. The zero-order chi connectivity index (χ0) is 11.1. The summed E-state index contributed by atoms with van der Waals surface area (Å²) in [7, 11) is 0. The minimum absolute atomic E-state index is 0.201. The van der Waals surface area contributed by atoms with Crippen LogP contribution in [0.5, 0.6) is 0 Å². The Morgan fingerprint density at radius 1 is 1.40 bits per heavy atom. The molecular formula is C13H18N2. The van der Waals surface area contributed by atoms with Crippen molar-refractivity contribution in [2.45, 2.75) is 32.7 Å². The van der Waals surface area contributed by atoms with E-state index in [1.54, 1.807) is 0 Å². The highest BCUT2D eigenvalue weighted by Crippen LogP contribution is 2.20. The highest BCUT2D eigenvalue weighted by atomic mass is 15.2. The maximum absolute atomic E-state index is 5.56. The maximum Gasteiger partial charge on any atom is 0.0471 e. The van der Waals surface area contributed by atoms with Gasteiger partial charge in [0.05, 0.1) is 0 Å². The molecule has 2 heteroatoms. The van der Waals surface area contributed by atoms with E-state index >= 15 is 0 Å². The lowest BCUT2D eigenvalue weighted by Crippen LogP contribution is -2.28. The van der Waals surface area contributed by atoms with Crippen molar-refractivity contribution in [3.8, 4) is 11.8 Å². The fraction of sp³-hybridized carbons (Fsp3) is 0.385. The first-order valence-electron chi connectivity index (χ1n) is 5.21. The van der Waals surface area contributed by atoms with Crippen molar-refractivity contribution in [3.05, 3.63) is 35.4 Å². The zero-order valence-corrected chi connectivity index (χ0v) is 9.38. The number of rotatable bonds is 4. The molecule has 0 radical (unpaired) electrons. The van der Waals surface area contributed by atoms with Crippen molar-refractivity contribution in [3.63, 3.8) is 0 Å². The lowest BCUT2D eigenvalue weighted by Gasteiger charge is -2.17. The van der Waals surface area contributed by atoms with Crippen LogP contribution >= 0.6 is 0 Å². The van der Waals surface area contributed by atoms with E-state index in [1.807, 2.05) is 19.1 Å². The minimum Gasteiger partial charge on any atom is -0.271 e. The molecule has 1 aromatic carbocycles. The van der Waals surface area contributed by atoms with Gasteiger partial charge in [-0.3, -0.25) is 11.3 Å². The minimum atomic E-state index is 0.201. The number of nitrogens with one attached hydrogen (secondary N) is 1. The van der Waals surface area contributed by atoms with Gasteiger partial charge < -0.3 is 0 Å². The van der Waals surface area contributed by atoms with Crippen molar-refractivity contribution in [2.24, 2.45) is 5.84 Å². The largest absolute Gasteiger partial charge is 0.271 e. The Kier molecular flexibility index (Phi) is 4.89. The molecule has 0 bridgehead atoms. The summed E-state index contributed by atoms with van der Waals surface area (Å²) in [6.07, 6.45) is 1.82. The van der Waals surface area contributed by atoms with E-state index in [-0.39, 0.29) is 6.04 Å². The molecule has 0 aromatic heterocycles. The maximum atomic E-state index is 5.56. The van der Waals surface area contributed by atoms with Crippen LogP contribution in [0.1, 0.15) is 36.9 Å². The van der Waals surface area contributed by atoms with Gasteiger partial charge in [-0.2, -0.15) is 0 Å². The zero-order valence-electron chi connectivity index (χ0n) is 9.38. The summed E-state index contributed by atoms with van der Waals surface area (Å²) in [5.41, 5.74) is 5.38. The first-order valence-corrected chi connectivity index (χ1v) is 5.21. The summed E-state index contributed by atoms with van der Waals surface area (Å²) < 4.78 is 0. The summed E-state index contributed by atoms with van der Waals surface area (Å²) >= 11 is 0. The molecule has 0 saturated carbocycles. The fourth-order valence-corrected chi connectivity index (χ4v) is 1.65. The third-order valence-electron chi connectivity index (χ3n) is 2.50. The quantitative estimate of drug-likeness (QED) is 0.446. The monoisotopic (exact) mass is 202 g/mol. The molecule has 1 aromatic rings. The van der Waals surface area contributed by atoms with Gasteiger partial charge in [-0.05, 0) is 31.4 Å². The number of hydrogen-bond donors (Lipinski definition) is 2. The van der Waals surface area contributed by atoms with Crippen LogP contribution in [0, 0.1) is 18.8 Å². The molecule has 1 rings (SSSR count). The van der Waals surface area contributed by atoms with Crippen LogP contribution < -0.4 is 11.3 Å². The van der Waals surface area contributed by atoms with Crippen LogP contribution in [0.3, 0.4) is 0 Å². The molecule has 0 fully saturated rings. The molecule has 80 valence electrons. The molecule has 0 saturated heterocycles. The van der Waals surface area contributed by atoms with Crippen molar-refractivity contribution >= 4 is 0 Å². The Labute approximate surface area is 91.8 Å². The Morgan fingerprint density at radius 2 is 2.13 bits per heavy atom. The third-order valence-corrected chi connectivity index (χ3v) is 2.50. The molecule has 1 atom stereocenters. The van der Waals surface area contributed by atoms with Gasteiger partial charge >= 0.3 is 0 Å². The molecule has 0 aliphatic carbocycles. The van der Waals surface area contributed by atoms with E-state index in [0.29, 0.717) is 0 Å². The molecule has 0 aliphatic heterocycles. The summed E-state index contributed by atoms with van der Waals surface area (Å²) in [5, 5.41) is 0. The SMILES string of the molecule is CC#CCCC(NN)c1ccccc1C. The van der Waals surface area contributed by atoms with Crippen LogP contribution in [0.4, 0.5) is 0 Å². The van der Waals surface area contributed by atoms with Gasteiger partial charge in [-0.1, -0.05) is 24.3 Å². The topological polar surface area (TPSA) is 38.0 Å². The predicted octanol–water partition coefficient (Wildman–Crippen LogP) is 2.30. The second-order valence-corrected chi connectivity index (χ2v) is 3.54. The molecule has 15 heavy (non-hydrogen) atoms. The van der Waals surface area contributed by atoms with E-state index in [0.717, 1.165) is 12.8 Å². The Morgan fingerprint density at radius 3 is 2.73 bits per heavy atom. The van der Waals surface area contributed by atoms with E-state index in [9.17, 15) is 0 Å². The van der Waals surface area contributed by atoms with E-state index in [1.165, 1.54) is 11.1 Å². The average Bonchev–Trinajstić information content (AvgIpc) is 2.26. The number of benzene rings is 1. The van der Waals surface area contributed by atoms with Crippen LogP contribution in [0.25, 0.3) is 0 Å². The van der Waals surface area contributed by atoms with Gasteiger partial charge in [0.2, 0.25) is 0 Å². The molecule has 0 heterocycles. The molecule has 2 nitrogen and oxygen atoms in total. The van der Waals surface area contributed by atoms with E-state index < -0.39 is 0 Å². The molecule has 0 aliphatic rings. The standard InChI is InChI=1S/C13H18N2/c1-3-4-5-10-13(15-14)12-9-7-6-8-11(12)2/h6-9,13,15H,5,10,14H2,1-2H3. The summed E-state index contributed by atoms with van der Waals surface area (Å²) in [6.45, 7) is 3.96. The second kappa shape index (κ2) is 6.23. The summed E-state index contributed by atoms with van der Waals surface area (Å²) in [4.78, 5) is 0. The average molecular weight is 202 g/mol. The number of aryl methyl sites for hydroxylation is 1. The second-order valence-electron chi connectivity index (χ2n) is 3.54. The van der Waals surface area contributed by atoms with Crippen LogP contribution in [-0.2, 0) is 0 Å². The summed E-state index contributed by atoms with van der Waals surface area (Å²) in [6, 6.07) is 8.49. The lowest BCUT2D eigenvalue weighted by molar-refractivity contribution is 0.521. The molecule has 0 spiro atoms. The van der Waals surface area contributed by atoms with E-state index in [2.05, 4.69) is 36.3 Å². The predicted molar refractivity (Wildman–Crippen MR) is 63.9 cm³/mol. The van der Waals surface area contributed by atoms with Crippen molar-refractivity contribution in [1.82, 2.24) is 5.43 Å². The third kappa shape index (κ3) is 3.39. The fourth-order valence-electron chi connectivity index (χ4n) is 1.65. The molecule has 0 amide bonds. The van der Waals surface area contributed by atoms with Gasteiger partial charge in [-0.25, -0.2) is 0 Å². The molecular weight excluding hydrogens is 184 g/mol. The van der Waals surface area contributed by atoms with Crippen molar-refractivity contribution in [2.75, 3.05) is 0 Å². The van der Waals surface area contributed by atoms with Gasteiger partial charge in [0.15, 0.2) is 0 Å². The van der Waals surface area contributed by atoms with Crippen molar-refractivity contribution < 1.29 is 0 Å². The summed E-state index contributed by atoms with van der Waals surface area (Å²) in [5.74, 6) is 11.5. The highest BCUT2D eigenvalue weighted by Gasteiger charge is 2.10. The number of hydrazine groups is 1. The first-order chi connectivity index (χ1) is 7.29. The Bertz CT molecular complexity index is 360.